The monoisotopic (exact) mass is 326 g/mol. The molecular formula is C14H18N2O5S. The highest BCUT2D eigenvalue weighted by Gasteiger charge is 2.28. The number of benzene rings is 1. The minimum Gasteiger partial charge on any atom is -0.481 e. The van der Waals surface area contributed by atoms with Crippen molar-refractivity contribution in [2.24, 2.45) is 5.92 Å². The normalized spacial score (nSPS) is 18.0. The van der Waals surface area contributed by atoms with E-state index >= 15 is 0 Å². The van der Waals surface area contributed by atoms with Crippen LogP contribution in [0.1, 0.15) is 23.7 Å². The SMILES string of the molecule is CC(CNC(=O)c1cccc(N2CCCS2(=O)=O)c1)C(=O)O. The summed E-state index contributed by atoms with van der Waals surface area (Å²) in [7, 11) is -3.30. The number of amides is 1. The molecule has 0 aromatic heterocycles. The lowest BCUT2D eigenvalue weighted by atomic mass is 10.1. The summed E-state index contributed by atoms with van der Waals surface area (Å²) in [6, 6.07) is 6.31. The Morgan fingerprint density at radius 3 is 2.73 bits per heavy atom. The zero-order valence-corrected chi connectivity index (χ0v) is 13.0. The third-order valence-electron chi connectivity index (χ3n) is 3.49. The molecule has 2 N–H and O–H groups in total. The number of carbonyl (C=O) groups excluding carboxylic acids is 1. The Bertz CT molecular complexity index is 686. The number of carboxylic acid groups (broad SMARTS) is 1. The van der Waals surface area contributed by atoms with Gasteiger partial charge in [0.1, 0.15) is 0 Å². The molecule has 120 valence electrons. The van der Waals surface area contributed by atoms with Crippen molar-refractivity contribution in [1.29, 1.82) is 0 Å². The van der Waals surface area contributed by atoms with E-state index < -0.39 is 27.8 Å². The average molecular weight is 326 g/mol. The summed E-state index contributed by atoms with van der Waals surface area (Å²) >= 11 is 0. The fourth-order valence-electron chi connectivity index (χ4n) is 2.17. The van der Waals surface area contributed by atoms with Gasteiger partial charge in [0.15, 0.2) is 0 Å². The molecule has 1 saturated heterocycles. The van der Waals surface area contributed by atoms with Crippen LogP contribution in [-0.2, 0) is 14.8 Å². The van der Waals surface area contributed by atoms with Gasteiger partial charge in [-0.15, -0.1) is 0 Å². The van der Waals surface area contributed by atoms with Crippen molar-refractivity contribution in [1.82, 2.24) is 5.32 Å². The lowest BCUT2D eigenvalue weighted by Gasteiger charge is -2.17. The molecule has 0 spiro atoms. The van der Waals surface area contributed by atoms with E-state index in [-0.39, 0.29) is 12.3 Å². The zero-order chi connectivity index (χ0) is 16.3. The van der Waals surface area contributed by atoms with Crippen LogP contribution < -0.4 is 9.62 Å². The van der Waals surface area contributed by atoms with E-state index in [1.165, 1.54) is 17.3 Å². The topological polar surface area (TPSA) is 104 Å². The smallest absolute Gasteiger partial charge is 0.308 e. The Labute approximate surface area is 129 Å². The first-order valence-electron chi connectivity index (χ1n) is 6.93. The standard InChI is InChI=1S/C14H18N2O5S/c1-10(14(18)19)9-15-13(17)11-4-2-5-12(8-11)16-6-3-7-22(16,20)21/h2,4-5,8,10H,3,6-7,9H2,1H3,(H,15,17)(H,18,19). The summed E-state index contributed by atoms with van der Waals surface area (Å²) in [4.78, 5) is 22.8. The van der Waals surface area contributed by atoms with E-state index in [0.717, 1.165) is 0 Å². The van der Waals surface area contributed by atoms with Crippen LogP contribution in [-0.4, -0.2) is 44.2 Å². The molecule has 1 aliphatic rings. The fraction of sp³-hybridized carbons (Fsp3) is 0.429. The first kappa shape index (κ1) is 16.3. The van der Waals surface area contributed by atoms with Crippen LogP contribution in [0.2, 0.25) is 0 Å². The van der Waals surface area contributed by atoms with Gasteiger partial charge in [0, 0.05) is 18.7 Å². The lowest BCUT2D eigenvalue weighted by Crippen LogP contribution is -2.31. The van der Waals surface area contributed by atoms with Crippen LogP contribution in [0.15, 0.2) is 24.3 Å². The number of sulfonamides is 1. The Kier molecular flexibility index (Phi) is 4.70. The molecule has 0 bridgehead atoms. The third kappa shape index (κ3) is 3.56. The van der Waals surface area contributed by atoms with Crippen molar-refractivity contribution >= 4 is 27.6 Å². The summed E-state index contributed by atoms with van der Waals surface area (Å²) < 4.78 is 25.1. The Morgan fingerprint density at radius 1 is 1.41 bits per heavy atom. The molecule has 1 heterocycles. The maximum atomic E-state index is 12.0. The van der Waals surface area contributed by atoms with Crippen LogP contribution in [0.4, 0.5) is 5.69 Å². The molecule has 0 saturated carbocycles. The Balaban J connectivity index is 2.11. The van der Waals surface area contributed by atoms with Gasteiger partial charge in [-0.2, -0.15) is 0 Å². The molecule has 1 fully saturated rings. The fourth-order valence-corrected chi connectivity index (χ4v) is 3.72. The largest absolute Gasteiger partial charge is 0.481 e. The van der Waals surface area contributed by atoms with Crippen molar-refractivity contribution in [2.75, 3.05) is 23.1 Å². The minimum absolute atomic E-state index is 0.0143. The van der Waals surface area contributed by atoms with Gasteiger partial charge in [-0.05, 0) is 24.6 Å². The van der Waals surface area contributed by atoms with Gasteiger partial charge in [0.05, 0.1) is 17.4 Å². The molecule has 0 aliphatic carbocycles. The van der Waals surface area contributed by atoms with Crippen molar-refractivity contribution in [2.45, 2.75) is 13.3 Å². The number of hydrogen-bond acceptors (Lipinski definition) is 4. The molecule has 1 amide bonds. The molecule has 22 heavy (non-hydrogen) atoms. The van der Waals surface area contributed by atoms with Crippen molar-refractivity contribution in [3.05, 3.63) is 29.8 Å². The second-order valence-corrected chi connectivity index (χ2v) is 7.25. The lowest BCUT2D eigenvalue weighted by molar-refractivity contribution is -0.140. The summed E-state index contributed by atoms with van der Waals surface area (Å²) in [5.41, 5.74) is 0.758. The number of hydrogen-bond donors (Lipinski definition) is 2. The summed E-state index contributed by atoms with van der Waals surface area (Å²) in [6.45, 7) is 1.92. The van der Waals surface area contributed by atoms with Crippen LogP contribution in [0.3, 0.4) is 0 Å². The molecule has 1 aromatic carbocycles. The number of rotatable bonds is 5. The maximum Gasteiger partial charge on any atom is 0.308 e. The Morgan fingerprint density at radius 2 is 2.14 bits per heavy atom. The number of anilines is 1. The summed E-state index contributed by atoms with van der Waals surface area (Å²) in [5.74, 6) is -1.99. The predicted molar refractivity (Wildman–Crippen MR) is 81.3 cm³/mol. The van der Waals surface area contributed by atoms with Crippen LogP contribution in [0.5, 0.6) is 0 Å². The highest BCUT2D eigenvalue weighted by Crippen LogP contribution is 2.24. The van der Waals surface area contributed by atoms with Crippen molar-refractivity contribution in [3.8, 4) is 0 Å². The van der Waals surface area contributed by atoms with E-state index in [1.54, 1.807) is 18.2 Å². The van der Waals surface area contributed by atoms with Gasteiger partial charge in [-0.25, -0.2) is 8.42 Å². The molecule has 1 aliphatic heterocycles. The van der Waals surface area contributed by atoms with Gasteiger partial charge in [0.2, 0.25) is 10.0 Å². The highest BCUT2D eigenvalue weighted by molar-refractivity contribution is 7.93. The maximum absolute atomic E-state index is 12.0. The second-order valence-electron chi connectivity index (χ2n) is 5.24. The molecule has 1 unspecified atom stereocenters. The second kappa shape index (κ2) is 6.35. The van der Waals surface area contributed by atoms with Crippen molar-refractivity contribution in [3.63, 3.8) is 0 Å². The molecule has 1 aromatic rings. The summed E-state index contributed by atoms with van der Waals surface area (Å²) in [6.07, 6.45) is 0.564. The molecule has 7 nitrogen and oxygen atoms in total. The van der Waals surface area contributed by atoms with E-state index in [2.05, 4.69) is 5.32 Å². The van der Waals surface area contributed by atoms with E-state index in [0.29, 0.717) is 24.2 Å². The predicted octanol–water partition coefficient (Wildman–Crippen LogP) is 0.677. The van der Waals surface area contributed by atoms with Crippen LogP contribution in [0.25, 0.3) is 0 Å². The van der Waals surface area contributed by atoms with Gasteiger partial charge < -0.3 is 10.4 Å². The number of nitrogens with zero attached hydrogens (tertiary/aromatic N) is 1. The molecule has 1 atom stereocenters. The quantitative estimate of drug-likeness (QED) is 0.828. The van der Waals surface area contributed by atoms with Crippen molar-refractivity contribution < 1.29 is 23.1 Å². The number of carbonyl (C=O) groups is 2. The van der Waals surface area contributed by atoms with Gasteiger partial charge >= 0.3 is 5.97 Å². The van der Waals surface area contributed by atoms with E-state index in [4.69, 9.17) is 5.11 Å². The van der Waals surface area contributed by atoms with Gasteiger partial charge in [-0.1, -0.05) is 13.0 Å². The number of aliphatic carboxylic acids is 1. The van der Waals surface area contributed by atoms with E-state index in [1.807, 2.05) is 0 Å². The highest BCUT2D eigenvalue weighted by atomic mass is 32.2. The number of nitrogens with one attached hydrogen (secondary N) is 1. The molecule has 8 heteroatoms. The molecule has 0 radical (unpaired) electrons. The van der Waals surface area contributed by atoms with Gasteiger partial charge in [-0.3, -0.25) is 13.9 Å². The minimum atomic E-state index is -3.30. The first-order valence-corrected chi connectivity index (χ1v) is 8.53. The first-order chi connectivity index (χ1) is 10.3. The third-order valence-corrected chi connectivity index (χ3v) is 5.36. The van der Waals surface area contributed by atoms with Crippen LogP contribution >= 0.6 is 0 Å². The van der Waals surface area contributed by atoms with E-state index in [9.17, 15) is 18.0 Å². The molecule has 2 rings (SSSR count). The number of carboxylic acids is 1. The summed E-state index contributed by atoms with van der Waals surface area (Å²) in [5, 5.41) is 11.3. The average Bonchev–Trinajstić information content (AvgIpc) is 2.83. The Hall–Kier alpha value is -2.09. The van der Waals surface area contributed by atoms with Crippen LogP contribution in [0, 0.1) is 5.92 Å². The molecular weight excluding hydrogens is 308 g/mol. The van der Waals surface area contributed by atoms with Gasteiger partial charge in [0.25, 0.3) is 5.91 Å². The zero-order valence-electron chi connectivity index (χ0n) is 12.2.